The van der Waals surface area contributed by atoms with Crippen molar-refractivity contribution in [3.63, 3.8) is 0 Å². The van der Waals surface area contributed by atoms with Crippen molar-refractivity contribution in [3.8, 4) is 11.5 Å². The monoisotopic (exact) mass is 380 g/mol. The number of carbonyl (C=O) groups excluding carboxylic acids is 1. The van der Waals surface area contributed by atoms with Crippen LogP contribution in [-0.4, -0.2) is 23.3 Å². The first-order chi connectivity index (χ1) is 11.8. The third-order valence-corrected chi connectivity index (χ3v) is 3.84. The van der Waals surface area contributed by atoms with Crippen LogP contribution in [0.5, 0.6) is 11.5 Å². The van der Waals surface area contributed by atoms with E-state index in [1.54, 1.807) is 6.92 Å². The summed E-state index contributed by atoms with van der Waals surface area (Å²) in [7, 11) is 0. The van der Waals surface area contributed by atoms with E-state index < -0.39 is 5.91 Å². The smallest absolute Gasteiger partial charge is 0.277 e. The van der Waals surface area contributed by atoms with Crippen LogP contribution in [0.15, 0.2) is 35.4 Å². The average molecular weight is 381 g/mol. The van der Waals surface area contributed by atoms with Gasteiger partial charge in [-0.3, -0.25) is 4.79 Å². The summed E-state index contributed by atoms with van der Waals surface area (Å²) < 4.78 is 5.46. The molecule has 0 bridgehead atoms. The summed E-state index contributed by atoms with van der Waals surface area (Å²) in [4.78, 5) is 11.9. The van der Waals surface area contributed by atoms with Crippen LogP contribution in [0.25, 0.3) is 0 Å². The number of phenols is 1. The maximum Gasteiger partial charge on any atom is 0.277 e. The molecule has 0 heterocycles. The molecule has 0 unspecified atom stereocenters. The number of rotatable bonds is 5. The molecule has 2 aromatic rings. The van der Waals surface area contributed by atoms with E-state index in [-0.39, 0.29) is 17.4 Å². The average Bonchev–Trinajstić information content (AvgIpc) is 2.53. The molecule has 0 atom stereocenters. The van der Waals surface area contributed by atoms with Gasteiger partial charge >= 0.3 is 0 Å². The van der Waals surface area contributed by atoms with Crippen LogP contribution in [0.2, 0.25) is 10.0 Å². The third-order valence-electron chi connectivity index (χ3n) is 3.33. The van der Waals surface area contributed by atoms with Crippen LogP contribution in [0.1, 0.15) is 23.6 Å². The van der Waals surface area contributed by atoms with Gasteiger partial charge in [0, 0.05) is 10.6 Å². The molecule has 5 nitrogen and oxygen atoms in total. The van der Waals surface area contributed by atoms with Gasteiger partial charge in [0.05, 0.1) is 10.7 Å². The van der Waals surface area contributed by atoms with Crippen LogP contribution in [-0.2, 0) is 4.79 Å². The second kappa shape index (κ2) is 8.23. The lowest BCUT2D eigenvalue weighted by molar-refractivity contribution is -0.123. The van der Waals surface area contributed by atoms with Crippen LogP contribution in [0, 0.1) is 13.8 Å². The second-order valence-electron chi connectivity index (χ2n) is 5.63. The Kier molecular flexibility index (Phi) is 6.28. The number of ether oxygens (including phenoxy) is 1. The molecule has 2 rings (SSSR count). The fourth-order valence-corrected chi connectivity index (χ4v) is 2.74. The fraction of sp³-hybridized carbons (Fsp3) is 0.222. The minimum absolute atomic E-state index is 0.113. The minimum Gasteiger partial charge on any atom is -0.506 e. The van der Waals surface area contributed by atoms with E-state index in [1.165, 1.54) is 12.1 Å². The number of carbonyl (C=O) groups is 1. The fourth-order valence-electron chi connectivity index (χ4n) is 2.25. The number of aryl methyl sites for hydroxylation is 2. The molecule has 0 saturated carbocycles. The lowest BCUT2D eigenvalue weighted by Crippen LogP contribution is -2.25. The Bertz CT molecular complexity index is 815. The number of hydrazone groups is 1. The number of benzene rings is 2. The molecule has 132 valence electrons. The SMILES string of the molecule is CC(=NNC(=O)COc1cc(C)cc(C)c1)c1cc(Cl)cc(Cl)c1O. The van der Waals surface area contributed by atoms with Crippen molar-refractivity contribution in [2.45, 2.75) is 20.8 Å². The lowest BCUT2D eigenvalue weighted by atomic mass is 10.1. The Morgan fingerprint density at radius 3 is 2.44 bits per heavy atom. The Morgan fingerprint density at radius 2 is 1.80 bits per heavy atom. The van der Waals surface area contributed by atoms with E-state index in [4.69, 9.17) is 27.9 Å². The Hall–Kier alpha value is -2.24. The minimum atomic E-state index is -0.425. The molecule has 0 spiro atoms. The standard InChI is InChI=1S/C18H18Cl2N2O3/c1-10-4-11(2)6-14(5-10)25-9-17(23)22-21-12(3)15-7-13(19)8-16(20)18(15)24/h4-8,24H,9H2,1-3H3,(H,22,23). The first kappa shape index (κ1) is 19.1. The summed E-state index contributed by atoms with van der Waals surface area (Å²) in [6, 6.07) is 8.65. The van der Waals surface area contributed by atoms with E-state index >= 15 is 0 Å². The number of phenolic OH excluding ortho intramolecular Hbond substituents is 1. The van der Waals surface area contributed by atoms with Crippen LogP contribution in [0.3, 0.4) is 0 Å². The van der Waals surface area contributed by atoms with E-state index in [0.29, 0.717) is 22.0 Å². The van der Waals surface area contributed by atoms with Gasteiger partial charge in [-0.1, -0.05) is 29.3 Å². The first-order valence-corrected chi connectivity index (χ1v) is 8.24. The summed E-state index contributed by atoms with van der Waals surface area (Å²) in [6.45, 7) is 5.35. The van der Waals surface area contributed by atoms with Gasteiger partial charge in [0.1, 0.15) is 11.5 Å². The van der Waals surface area contributed by atoms with Gasteiger partial charge < -0.3 is 9.84 Å². The Balaban J connectivity index is 2.00. The van der Waals surface area contributed by atoms with Crippen LogP contribution >= 0.6 is 23.2 Å². The van der Waals surface area contributed by atoms with Crippen molar-refractivity contribution in [1.82, 2.24) is 5.43 Å². The second-order valence-corrected chi connectivity index (χ2v) is 6.47. The van der Waals surface area contributed by atoms with Gasteiger partial charge in [-0.05, 0) is 56.2 Å². The topological polar surface area (TPSA) is 70.9 Å². The molecule has 1 amide bonds. The van der Waals surface area contributed by atoms with Crippen molar-refractivity contribution >= 4 is 34.8 Å². The van der Waals surface area contributed by atoms with Crippen molar-refractivity contribution in [3.05, 3.63) is 57.1 Å². The summed E-state index contributed by atoms with van der Waals surface area (Å²) in [5.41, 5.74) is 5.18. The number of nitrogens with one attached hydrogen (secondary N) is 1. The van der Waals surface area contributed by atoms with Crippen molar-refractivity contribution in [2.75, 3.05) is 6.61 Å². The zero-order valence-corrected chi connectivity index (χ0v) is 15.6. The van der Waals surface area contributed by atoms with E-state index in [2.05, 4.69) is 10.5 Å². The predicted molar refractivity (Wildman–Crippen MR) is 99.9 cm³/mol. The number of hydrogen-bond acceptors (Lipinski definition) is 4. The molecule has 2 aromatic carbocycles. The zero-order valence-electron chi connectivity index (χ0n) is 14.1. The normalized spacial score (nSPS) is 11.3. The molecule has 7 heteroatoms. The summed E-state index contributed by atoms with van der Waals surface area (Å²) in [5.74, 6) is 0.0480. The van der Waals surface area contributed by atoms with Gasteiger partial charge in [0.2, 0.25) is 0 Å². The van der Waals surface area contributed by atoms with Gasteiger partial charge in [0.25, 0.3) is 5.91 Å². The third kappa shape index (κ3) is 5.37. The molecular weight excluding hydrogens is 363 g/mol. The van der Waals surface area contributed by atoms with E-state index in [1.807, 2.05) is 32.0 Å². The molecule has 0 fully saturated rings. The number of nitrogens with zero attached hydrogens (tertiary/aromatic N) is 1. The molecule has 0 radical (unpaired) electrons. The predicted octanol–water partition coefficient (Wildman–Crippen LogP) is 4.24. The number of aromatic hydroxyl groups is 1. The Labute approximate surface area is 156 Å². The molecule has 0 aliphatic carbocycles. The molecule has 0 aromatic heterocycles. The summed E-state index contributed by atoms with van der Waals surface area (Å²) >= 11 is 11.8. The number of amides is 1. The molecule has 0 saturated heterocycles. The molecular formula is C18H18Cl2N2O3. The molecule has 2 N–H and O–H groups in total. The van der Waals surface area contributed by atoms with Gasteiger partial charge in [-0.15, -0.1) is 0 Å². The molecule has 0 aliphatic heterocycles. The van der Waals surface area contributed by atoms with Crippen LogP contribution < -0.4 is 10.2 Å². The highest BCUT2D eigenvalue weighted by Gasteiger charge is 2.11. The van der Waals surface area contributed by atoms with Crippen molar-refractivity contribution in [1.29, 1.82) is 0 Å². The highest BCUT2D eigenvalue weighted by Crippen LogP contribution is 2.31. The summed E-state index contributed by atoms with van der Waals surface area (Å²) in [6.07, 6.45) is 0. The zero-order chi connectivity index (χ0) is 18.6. The first-order valence-electron chi connectivity index (χ1n) is 7.49. The van der Waals surface area contributed by atoms with Gasteiger partial charge in [-0.25, -0.2) is 5.43 Å². The van der Waals surface area contributed by atoms with Crippen molar-refractivity contribution in [2.24, 2.45) is 5.10 Å². The maximum atomic E-state index is 11.9. The maximum absolute atomic E-state index is 11.9. The van der Waals surface area contributed by atoms with Gasteiger partial charge in [-0.2, -0.15) is 5.10 Å². The van der Waals surface area contributed by atoms with Crippen LogP contribution in [0.4, 0.5) is 0 Å². The van der Waals surface area contributed by atoms with E-state index in [0.717, 1.165) is 11.1 Å². The molecule has 25 heavy (non-hydrogen) atoms. The molecule has 0 aliphatic rings. The highest BCUT2D eigenvalue weighted by atomic mass is 35.5. The van der Waals surface area contributed by atoms with Gasteiger partial charge in [0.15, 0.2) is 6.61 Å². The number of halogens is 2. The highest BCUT2D eigenvalue weighted by molar-refractivity contribution is 6.36. The van der Waals surface area contributed by atoms with E-state index in [9.17, 15) is 9.90 Å². The Morgan fingerprint density at radius 1 is 1.16 bits per heavy atom. The lowest BCUT2D eigenvalue weighted by Gasteiger charge is -2.09. The largest absolute Gasteiger partial charge is 0.506 e. The summed E-state index contributed by atoms with van der Waals surface area (Å²) in [5, 5.41) is 14.4. The quantitative estimate of drug-likeness (QED) is 0.601. The van der Waals surface area contributed by atoms with Crippen molar-refractivity contribution < 1.29 is 14.6 Å². The number of hydrogen-bond donors (Lipinski definition) is 2.